The van der Waals surface area contributed by atoms with Crippen molar-refractivity contribution >= 4 is 27.5 Å². The van der Waals surface area contributed by atoms with Crippen LogP contribution in [-0.4, -0.2) is 42.0 Å². The number of amides is 1. The van der Waals surface area contributed by atoms with E-state index in [1.54, 1.807) is 11.3 Å². The van der Waals surface area contributed by atoms with Crippen molar-refractivity contribution < 1.29 is 4.79 Å². The number of thiazole rings is 1. The van der Waals surface area contributed by atoms with E-state index in [0.29, 0.717) is 6.04 Å². The minimum absolute atomic E-state index is 0.0963. The minimum Gasteiger partial charge on any atom is -0.337 e. The standard InChI is InChI=1S/C13H15N3OS/c1-16(10-4-5-14-7-10)13(17)9-2-3-11-12(6-9)18-8-15-11/h2-3,6,8,10,14H,4-5,7H2,1H3. The Morgan fingerprint density at radius 3 is 3.22 bits per heavy atom. The molecule has 18 heavy (non-hydrogen) atoms. The van der Waals surface area contributed by atoms with Crippen LogP contribution in [0.15, 0.2) is 23.7 Å². The normalized spacial score (nSPS) is 19.3. The van der Waals surface area contributed by atoms with Crippen LogP contribution in [0, 0.1) is 0 Å². The fourth-order valence-corrected chi connectivity index (χ4v) is 3.04. The van der Waals surface area contributed by atoms with Crippen LogP contribution >= 0.6 is 11.3 Å². The molecule has 1 fully saturated rings. The lowest BCUT2D eigenvalue weighted by Gasteiger charge is -2.23. The van der Waals surface area contributed by atoms with Gasteiger partial charge in [0.1, 0.15) is 0 Å². The summed E-state index contributed by atoms with van der Waals surface area (Å²) >= 11 is 1.57. The summed E-state index contributed by atoms with van der Waals surface area (Å²) < 4.78 is 1.07. The Labute approximate surface area is 110 Å². The number of rotatable bonds is 2. The summed E-state index contributed by atoms with van der Waals surface area (Å²) in [5.41, 5.74) is 3.52. The number of likely N-dealkylation sites (N-methyl/N-ethyl adjacent to an activating group) is 1. The molecular formula is C13H15N3OS. The van der Waals surface area contributed by atoms with Crippen molar-refractivity contribution in [1.82, 2.24) is 15.2 Å². The predicted octanol–water partition coefficient (Wildman–Crippen LogP) is 1.73. The Hall–Kier alpha value is -1.46. The van der Waals surface area contributed by atoms with Gasteiger partial charge in [0.15, 0.2) is 0 Å². The molecular weight excluding hydrogens is 246 g/mol. The summed E-state index contributed by atoms with van der Waals surface area (Å²) in [4.78, 5) is 18.5. The lowest BCUT2D eigenvalue weighted by Crippen LogP contribution is -2.38. The lowest BCUT2D eigenvalue weighted by molar-refractivity contribution is 0.0744. The van der Waals surface area contributed by atoms with Crippen molar-refractivity contribution in [2.24, 2.45) is 0 Å². The van der Waals surface area contributed by atoms with Crippen molar-refractivity contribution in [3.05, 3.63) is 29.3 Å². The number of hydrogen-bond donors (Lipinski definition) is 1. The summed E-state index contributed by atoms with van der Waals surface area (Å²) in [7, 11) is 1.89. The molecule has 0 aliphatic carbocycles. The number of carbonyl (C=O) groups excluding carboxylic acids is 1. The molecule has 1 unspecified atom stereocenters. The van der Waals surface area contributed by atoms with Gasteiger partial charge in [0.25, 0.3) is 5.91 Å². The highest BCUT2D eigenvalue weighted by Crippen LogP contribution is 2.20. The van der Waals surface area contributed by atoms with Gasteiger partial charge in [-0.25, -0.2) is 4.98 Å². The van der Waals surface area contributed by atoms with Crippen LogP contribution in [0.1, 0.15) is 16.8 Å². The van der Waals surface area contributed by atoms with Crippen molar-refractivity contribution in [3.8, 4) is 0 Å². The van der Waals surface area contributed by atoms with E-state index in [1.807, 2.05) is 35.7 Å². The van der Waals surface area contributed by atoms with Gasteiger partial charge in [0.05, 0.1) is 15.7 Å². The average Bonchev–Trinajstić information content (AvgIpc) is 3.06. The number of carbonyl (C=O) groups is 1. The maximum atomic E-state index is 12.4. The zero-order valence-electron chi connectivity index (χ0n) is 10.2. The second-order valence-electron chi connectivity index (χ2n) is 4.60. The fourth-order valence-electron chi connectivity index (χ4n) is 2.33. The molecule has 2 heterocycles. The summed E-state index contributed by atoms with van der Waals surface area (Å²) in [6.07, 6.45) is 1.03. The number of nitrogens with zero attached hydrogens (tertiary/aromatic N) is 2. The van der Waals surface area contributed by atoms with Gasteiger partial charge in [-0.15, -0.1) is 11.3 Å². The van der Waals surface area contributed by atoms with Crippen molar-refractivity contribution in [1.29, 1.82) is 0 Å². The van der Waals surface area contributed by atoms with Gasteiger partial charge in [0, 0.05) is 25.2 Å². The van der Waals surface area contributed by atoms with Crippen LogP contribution in [0.4, 0.5) is 0 Å². The molecule has 0 spiro atoms. The van der Waals surface area contributed by atoms with Crippen molar-refractivity contribution in [2.75, 3.05) is 20.1 Å². The smallest absolute Gasteiger partial charge is 0.253 e. The molecule has 0 saturated carbocycles. The van der Waals surface area contributed by atoms with Gasteiger partial charge in [-0.1, -0.05) is 0 Å². The number of hydrogen-bond acceptors (Lipinski definition) is 4. The van der Waals surface area contributed by atoms with E-state index in [1.165, 1.54) is 0 Å². The highest BCUT2D eigenvalue weighted by molar-refractivity contribution is 7.16. The van der Waals surface area contributed by atoms with Crippen LogP contribution in [0.2, 0.25) is 0 Å². The molecule has 1 saturated heterocycles. The van der Waals surface area contributed by atoms with E-state index in [0.717, 1.165) is 35.3 Å². The topological polar surface area (TPSA) is 45.2 Å². The monoisotopic (exact) mass is 261 g/mol. The largest absolute Gasteiger partial charge is 0.337 e. The minimum atomic E-state index is 0.0963. The quantitative estimate of drug-likeness (QED) is 0.895. The Bertz CT molecular complexity index is 574. The first-order valence-corrected chi connectivity index (χ1v) is 6.95. The van der Waals surface area contributed by atoms with E-state index in [2.05, 4.69) is 10.3 Å². The van der Waals surface area contributed by atoms with Crippen LogP contribution in [0.3, 0.4) is 0 Å². The van der Waals surface area contributed by atoms with Gasteiger partial charge in [-0.3, -0.25) is 4.79 Å². The Morgan fingerprint density at radius 1 is 1.56 bits per heavy atom. The van der Waals surface area contributed by atoms with Crippen LogP contribution in [0.5, 0.6) is 0 Å². The molecule has 0 bridgehead atoms. The van der Waals surface area contributed by atoms with E-state index >= 15 is 0 Å². The third kappa shape index (κ3) is 2.00. The fraction of sp³-hybridized carbons (Fsp3) is 0.385. The Morgan fingerprint density at radius 2 is 2.44 bits per heavy atom. The Kier molecular flexibility index (Phi) is 3.01. The SMILES string of the molecule is CN(C(=O)c1ccc2ncsc2c1)C1CCNC1. The average molecular weight is 261 g/mol. The van der Waals surface area contributed by atoms with Crippen LogP contribution in [-0.2, 0) is 0 Å². The van der Waals surface area contributed by atoms with Gasteiger partial charge in [-0.05, 0) is 31.2 Å². The molecule has 1 atom stereocenters. The second-order valence-corrected chi connectivity index (χ2v) is 5.48. The first kappa shape index (κ1) is 11.6. The number of benzene rings is 1. The van der Waals surface area contributed by atoms with Crippen molar-refractivity contribution in [2.45, 2.75) is 12.5 Å². The zero-order chi connectivity index (χ0) is 12.5. The van der Waals surface area contributed by atoms with Crippen LogP contribution < -0.4 is 5.32 Å². The number of aromatic nitrogens is 1. The molecule has 1 aliphatic heterocycles. The first-order chi connectivity index (χ1) is 8.75. The molecule has 1 N–H and O–H groups in total. The Balaban J connectivity index is 1.86. The lowest BCUT2D eigenvalue weighted by atomic mass is 10.1. The van der Waals surface area contributed by atoms with Gasteiger partial charge < -0.3 is 10.2 Å². The van der Waals surface area contributed by atoms with Crippen LogP contribution in [0.25, 0.3) is 10.2 Å². The summed E-state index contributed by atoms with van der Waals surface area (Å²) in [6.45, 7) is 1.89. The van der Waals surface area contributed by atoms with E-state index in [-0.39, 0.29) is 5.91 Å². The summed E-state index contributed by atoms with van der Waals surface area (Å²) in [6, 6.07) is 6.03. The summed E-state index contributed by atoms with van der Waals surface area (Å²) in [5, 5.41) is 3.28. The predicted molar refractivity (Wildman–Crippen MR) is 73.0 cm³/mol. The molecule has 94 valence electrons. The van der Waals surface area contributed by atoms with E-state index in [9.17, 15) is 4.79 Å². The molecule has 1 aromatic heterocycles. The molecule has 1 aliphatic rings. The first-order valence-electron chi connectivity index (χ1n) is 6.07. The van der Waals surface area contributed by atoms with Gasteiger partial charge in [0.2, 0.25) is 0 Å². The van der Waals surface area contributed by atoms with E-state index < -0.39 is 0 Å². The molecule has 0 radical (unpaired) electrons. The third-order valence-electron chi connectivity index (χ3n) is 3.48. The molecule has 1 aromatic carbocycles. The van der Waals surface area contributed by atoms with E-state index in [4.69, 9.17) is 0 Å². The number of fused-ring (bicyclic) bond motifs is 1. The highest BCUT2D eigenvalue weighted by Gasteiger charge is 2.24. The van der Waals surface area contributed by atoms with Crippen molar-refractivity contribution in [3.63, 3.8) is 0 Å². The maximum absolute atomic E-state index is 12.4. The highest BCUT2D eigenvalue weighted by atomic mass is 32.1. The second kappa shape index (κ2) is 4.66. The number of nitrogens with one attached hydrogen (secondary N) is 1. The molecule has 1 amide bonds. The third-order valence-corrected chi connectivity index (χ3v) is 4.27. The van der Waals surface area contributed by atoms with Gasteiger partial charge >= 0.3 is 0 Å². The molecule has 5 heteroatoms. The summed E-state index contributed by atoms with van der Waals surface area (Å²) in [5.74, 6) is 0.0963. The molecule has 2 aromatic rings. The van der Waals surface area contributed by atoms with Gasteiger partial charge in [-0.2, -0.15) is 0 Å². The molecule has 3 rings (SSSR count). The zero-order valence-corrected chi connectivity index (χ0v) is 11.0. The molecule has 4 nitrogen and oxygen atoms in total. The maximum Gasteiger partial charge on any atom is 0.253 e.